The van der Waals surface area contributed by atoms with E-state index in [4.69, 9.17) is 14.2 Å². The molecule has 0 amide bonds. The minimum Gasteiger partial charge on any atom is -0.462 e. The van der Waals surface area contributed by atoms with Gasteiger partial charge in [0.1, 0.15) is 13.2 Å². The molecule has 0 aliphatic rings. The van der Waals surface area contributed by atoms with E-state index in [1.807, 2.05) is 0 Å². The summed E-state index contributed by atoms with van der Waals surface area (Å²) in [5, 5.41) is 0. The SMILES string of the molecule is CC/C=C\C/C=C\C/C=C\C/C=C\C/C=C\CCCCCCCCCCCC(=O)OC(COC(=O)CCCCCCC/C=C\CCC)COC(=O)CCCCCCCCCCCCCCCCC/C=C\CCCCCCCCCC. The Morgan fingerprint density at radius 2 is 0.512 bits per heavy atom. The molecule has 0 N–H and O–H groups in total. The third-order valence-electron chi connectivity index (χ3n) is 15.1. The van der Waals surface area contributed by atoms with E-state index >= 15 is 0 Å². The molecule has 0 aliphatic heterocycles. The van der Waals surface area contributed by atoms with Crippen LogP contribution in [0, 0.1) is 0 Å². The molecule has 0 aromatic carbocycles. The van der Waals surface area contributed by atoms with Crippen molar-refractivity contribution < 1.29 is 28.6 Å². The van der Waals surface area contributed by atoms with Gasteiger partial charge < -0.3 is 14.2 Å². The second-order valence-corrected chi connectivity index (χ2v) is 23.1. The van der Waals surface area contributed by atoms with Crippen LogP contribution >= 0.6 is 0 Å². The molecule has 0 fully saturated rings. The molecule has 462 valence electrons. The second-order valence-electron chi connectivity index (χ2n) is 23.1. The molecular weight excluding hydrogens is 985 g/mol. The van der Waals surface area contributed by atoms with Gasteiger partial charge in [-0.3, -0.25) is 14.4 Å². The van der Waals surface area contributed by atoms with Gasteiger partial charge in [0.15, 0.2) is 6.10 Å². The van der Waals surface area contributed by atoms with Crippen LogP contribution in [0.5, 0.6) is 0 Å². The predicted octanol–water partition coefficient (Wildman–Crippen LogP) is 23.8. The first-order valence-corrected chi connectivity index (χ1v) is 34.6. The molecule has 80 heavy (non-hydrogen) atoms. The molecule has 0 heterocycles. The first kappa shape index (κ1) is 76.6. The van der Waals surface area contributed by atoms with Crippen molar-refractivity contribution in [2.24, 2.45) is 0 Å². The topological polar surface area (TPSA) is 78.9 Å². The van der Waals surface area contributed by atoms with Crippen molar-refractivity contribution >= 4 is 17.9 Å². The minimum atomic E-state index is -0.784. The average molecular weight is 1120 g/mol. The summed E-state index contributed by atoms with van der Waals surface area (Å²) in [6.07, 6.45) is 90.5. The van der Waals surface area contributed by atoms with Gasteiger partial charge in [-0.15, -0.1) is 0 Å². The molecule has 1 unspecified atom stereocenters. The van der Waals surface area contributed by atoms with Gasteiger partial charge in [-0.2, -0.15) is 0 Å². The fourth-order valence-electron chi connectivity index (χ4n) is 9.94. The smallest absolute Gasteiger partial charge is 0.306 e. The number of ether oxygens (including phenoxy) is 3. The second kappa shape index (κ2) is 68.1. The highest BCUT2D eigenvalue weighted by atomic mass is 16.6. The van der Waals surface area contributed by atoms with E-state index < -0.39 is 6.10 Å². The van der Waals surface area contributed by atoms with Crippen LogP contribution in [0.3, 0.4) is 0 Å². The quantitative estimate of drug-likeness (QED) is 0.0261. The van der Waals surface area contributed by atoms with Gasteiger partial charge in [-0.1, -0.05) is 305 Å². The van der Waals surface area contributed by atoms with E-state index in [2.05, 4.69) is 106 Å². The Hall–Kier alpha value is -3.41. The van der Waals surface area contributed by atoms with Gasteiger partial charge in [0.2, 0.25) is 0 Å². The number of carbonyl (C=O) groups excluding carboxylic acids is 3. The van der Waals surface area contributed by atoms with Gasteiger partial charge in [0.25, 0.3) is 0 Å². The van der Waals surface area contributed by atoms with Crippen LogP contribution in [-0.2, 0) is 28.6 Å². The predicted molar refractivity (Wildman–Crippen MR) is 348 cm³/mol. The summed E-state index contributed by atoms with van der Waals surface area (Å²) in [6.45, 7) is 6.49. The summed E-state index contributed by atoms with van der Waals surface area (Å²) < 4.78 is 16.9. The standard InChI is InChI=1S/C74H130O6/c1-4-7-10-13-16-19-22-24-26-28-30-32-34-36-37-39-40-42-44-46-48-50-52-55-58-61-64-67-73(76)79-70-71(69-78-72(75)66-63-60-57-54-21-18-15-12-9-6-3)80-74(77)68-65-62-59-56-53-51-49-47-45-43-41-38-35-33-31-29-27-25-23-20-17-14-11-8-5-2/h8,11-12,15,17,20,25,27-28,30-31,33,38,41,71H,4-7,9-10,13-14,16,18-19,21-24,26,29,32,34-37,39-40,42-70H2,1-3H3/b11-8-,15-12-,20-17-,27-25-,30-28-,33-31-,41-38-. The lowest BCUT2D eigenvalue weighted by atomic mass is 10.0. The van der Waals surface area contributed by atoms with Crippen LogP contribution in [0.4, 0.5) is 0 Å². The summed E-state index contributed by atoms with van der Waals surface area (Å²) in [7, 11) is 0. The highest BCUT2D eigenvalue weighted by Crippen LogP contribution is 2.17. The fourth-order valence-corrected chi connectivity index (χ4v) is 9.94. The first-order chi connectivity index (χ1) is 39.5. The molecule has 6 nitrogen and oxygen atoms in total. The largest absolute Gasteiger partial charge is 0.462 e. The van der Waals surface area contributed by atoms with Crippen LogP contribution < -0.4 is 0 Å². The van der Waals surface area contributed by atoms with Crippen molar-refractivity contribution in [2.45, 2.75) is 354 Å². The van der Waals surface area contributed by atoms with Crippen LogP contribution in [0.25, 0.3) is 0 Å². The van der Waals surface area contributed by atoms with Crippen LogP contribution in [0.15, 0.2) is 85.1 Å². The van der Waals surface area contributed by atoms with Crippen molar-refractivity contribution in [1.82, 2.24) is 0 Å². The number of rotatable bonds is 63. The Balaban J connectivity index is 4.20. The first-order valence-electron chi connectivity index (χ1n) is 34.6. The highest BCUT2D eigenvalue weighted by molar-refractivity contribution is 5.71. The van der Waals surface area contributed by atoms with Gasteiger partial charge in [-0.05, 0) is 109 Å². The summed E-state index contributed by atoms with van der Waals surface area (Å²) in [5.41, 5.74) is 0. The fraction of sp³-hybridized carbons (Fsp3) is 0.770. The maximum absolute atomic E-state index is 12.9. The van der Waals surface area contributed by atoms with E-state index in [0.29, 0.717) is 19.3 Å². The van der Waals surface area contributed by atoms with E-state index in [1.54, 1.807) is 0 Å². The number of esters is 3. The van der Waals surface area contributed by atoms with E-state index in [0.717, 1.165) is 109 Å². The molecule has 0 aliphatic carbocycles. The van der Waals surface area contributed by atoms with Crippen LogP contribution in [0.1, 0.15) is 348 Å². The molecule has 0 spiro atoms. The minimum absolute atomic E-state index is 0.0792. The lowest BCUT2D eigenvalue weighted by molar-refractivity contribution is -0.167. The van der Waals surface area contributed by atoms with Gasteiger partial charge in [-0.25, -0.2) is 0 Å². The maximum Gasteiger partial charge on any atom is 0.306 e. The van der Waals surface area contributed by atoms with Gasteiger partial charge in [0.05, 0.1) is 0 Å². The van der Waals surface area contributed by atoms with Crippen LogP contribution in [0.2, 0.25) is 0 Å². The maximum atomic E-state index is 12.9. The molecule has 0 aromatic rings. The Morgan fingerprint density at radius 3 is 0.825 bits per heavy atom. The number of carbonyl (C=O) groups is 3. The lowest BCUT2D eigenvalue weighted by Gasteiger charge is -2.18. The number of allylic oxidation sites excluding steroid dienone is 14. The summed E-state index contributed by atoms with van der Waals surface area (Å²) in [4.78, 5) is 38.3. The Morgan fingerprint density at radius 1 is 0.263 bits per heavy atom. The van der Waals surface area contributed by atoms with Crippen molar-refractivity contribution in [2.75, 3.05) is 13.2 Å². The molecule has 0 saturated carbocycles. The highest BCUT2D eigenvalue weighted by Gasteiger charge is 2.19. The van der Waals surface area contributed by atoms with Crippen molar-refractivity contribution in [1.29, 1.82) is 0 Å². The monoisotopic (exact) mass is 1110 g/mol. The molecule has 0 rings (SSSR count). The Kier molecular flexibility index (Phi) is 65.2. The number of hydrogen-bond acceptors (Lipinski definition) is 6. The molecule has 0 bridgehead atoms. The molecular formula is C74H130O6. The molecule has 0 saturated heterocycles. The van der Waals surface area contributed by atoms with E-state index in [1.165, 1.54) is 199 Å². The summed E-state index contributed by atoms with van der Waals surface area (Å²) in [5.74, 6) is -0.882. The Bertz CT molecular complexity index is 1520. The van der Waals surface area contributed by atoms with Crippen LogP contribution in [-0.4, -0.2) is 37.2 Å². The molecule has 0 radical (unpaired) electrons. The van der Waals surface area contributed by atoms with Gasteiger partial charge in [0, 0.05) is 19.3 Å². The zero-order chi connectivity index (χ0) is 57.8. The van der Waals surface area contributed by atoms with E-state index in [-0.39, 0.29) is 31.1 Å². The molecule has 6 heteroatoms. The summed E-state index contributed by atoms with van der Waals surface area (Å²) in [6, 6.07) is 0. The third kappa shape index (κ3) is 65.4. The van der Waals surface area contributed by atoms with Crippen molar-refractivity contribution in [3.8, 4) is 0 Å². The third-order valence-corrected chi connectivity index (χ3v) is 15.1. The molecule has 1 atom stereocenters. The number of unbranched alkanes of at least 4 members (excludes halogenated alkanes) is 38. The zero-order valence-electron chi connectivity index (χ0n) is 53.1. The lowest BCUT2D eigenvalue weighted by Crippen LogP contribution is -2.30. The van der Waals surface area contributed by atoms with E-state index in [9.17, 15) is 14.4 Å². The summed E-state index contributed by atoms with van der Waals surface area (Å²) >= 11 is 0. The zero-order valence-corrected chi connectivity index (χ0v) is 53.1. The number of hydrogen-bond donors (Lipinski definition) is 0. The Labute approximate surface area is 496 Å². The van der Waals surface area contributed by atoms with Crippen molar-refractivity contribution in [3.05, 3.63) is 85.1 Å². The normalized spacial score (nSPS) is 12.6. The average Bonchev–Trinajstić information content (AvgIpc) is 3.46. The van der Waals surface area contributed by atoms with Gasteiger partial charge >= 0.3 is 17.9 Å². The molecule has 0 aromatic heterocycles. The van der Waals surface area contributed by atoms with Crippen molar-refractivity contribution in [3.63, 3.8) is 0 Å².